The van der Waals surface area contributed by atoms with Gasteiger partial charge in [-0.1, -0.05) is 0 Å². The van der Waals surface area contributed by atoms with Crippen LogP contribution in [0.3, 0.4) is 0 Å². The summed E-state index contributed by atoms with van der Waals surface area (Å²) < 4.78 is 40.8. The summed E-state index contributed by atoms with van der Waals surface area (Å²) in [5, 5.41) is 19.2. The Morgan fingerprint density at radius 2 is 2.00 bits per heavy atom. The van der Waals surface area contributed by atoms with Gasteiger partial charge in [-0.05, 0) is 0 Å². The molecule has 0 spiro atoms. The summed E-state index contributed by atoms with van der Waals surface area (Å²) >= 11 is 0. The molecule has 0 fully saturated rings. The van der Waals surface area contributed by atoms with Crippen LogP contribution in [0.15, 0.2) is 18.6 Å². The molecular weight excluding hydrogens is 311 g/mol. The second-order valence-electron chi connectivity index (χ2n) is 4.21. The molecule has 0 unspecified atom stereocenters. The zero-order valence-electron chi connectivity index (χ0n) is 11.1. The van der Waals surface area contributed by atoms with Crippen molar-refractivity contribution in [2.75, 3.05) is 11.9 Å². The highest BCUT2D eigenvalue weighted by Crippen LogP contribution is 2.31. The molecule has 21 heavy (non-hydrogen) atoms. The molecule has 2 N–H and O–H groups in total. The Labute approximate surface area is 125 Å². The Bertz CT molecular complexity index is 581. The first-order valence-corrected chi connectivity index (χ1v) is 5.87. The molecule has 0 radical (unpaired) electrons. The van der Waals surface area contributed by atoms with Crippen LogP contribution < -0.4 is 5.32 Å². The third kappa shape index (κ3) is 4.11. The lowest BCUT2D eigenvalue weighted by Gasteiger charge is -2.10. The minimum Gasteiger partial charge on any atom is -0.394 e. The van der Waals surface area contributed by atoms with Crippen molar-refractivity contribution in [1.82, 2.24) is 19.6 Å². The lowest BCUT2D eigenvalue weighted by molar-refractivity contribution is -0.144. The first-order chi connectivity index (χ1) is 9.41. The topological polar surface area (TPSA) is 67.9 Å². The average Bonchev–Trinajstić information content (AvgIpc) is 2.93. The number of aryl methyl sites for hydroxylation is 1. The van der Waals surface area contributed by atoms with Crippen molar-refractivity contribution in [2.24, 2.45) is 7.05 Å². The number of aromatic nitrogens is 4. The van der Waals surface area contributed by atoms with Crippen molar-refractivity contribution in [3.63, 3.8) is 0 Å². The van der Waals surface area contributed by atoms with Crippen LogP contribution in [0.5, 0.6) is 0 Å². The molecule has 0 aliphatic carbocycles. The van der Waals surface area contributed by atoms with Crippen LogP contribution in [-0.2, 0) is 26.3 Å². The smallest absolute Gasteiger partial charge is 0.394 e. The van der Waals surface area contributed by atoms with E-state index < -0.39 is 11.9 Å². The van der Waals surface area contributed by atoms with E-state index in [0.717, 1.165) is 4.68 Å². The van der Waals surface area contributed by atoms with E-state index in [-0.39, 0.29) is 31.1 Å². The van der Waals surface area contributed by atoms with Gasteiger partial charge in [0.05, 0.1) is 31.2 Å². The Kier molecular flexibility index (Phi) is 5.62. The summed E-state index contributed by atoms with van der Waals surface area (Å²) in [7, 11) is 1.26. The van der Waals surface area contributed by atoms with Crippen LogP contribution >= 0.6 is 12.4 Å². The molecule has 118 valence electrons. The van der Waals surface area contributed by atoms with E-state index in [0.29, 0.717) is 12.2 Å². The van der Waals surface area contributed by atoms with Crippen LogP contribution in [0.1, 0.15) is 11.3 Å². The first-order valence-electron chi connectivity index (χ1n) is 5.87. The average molecular weight is 326 g/mol. The van der Waals surface area contributed by atoms with Gasteiger partial charge < -0.3 is 10.4 Å². The molecule has 2 aromatic rings. The summed E-state index contributed by atoms with van der Waals surface area (Å²) in [5.74, 6) is 0. The van der Waals surface area contributed by atoms with Crippen molar-refractivity contribution >= 4 is 18.1 Å². The van der Waals surface area contributed by atoms with Crippen LogP contribution in [0.2, 0.25) is 0 Å². The number of nitrogens with one attached hydrogen (secondary N) is 1. The van der Waals surface area contributed by atoms with Gasteiger partial charge in [-0.15, -0.1) is 12.4 Å². The number of hydrogen-bond acceptors (Lipinski definition) is 4. The summed E-state index contributed by atoms with van der Waals surface area (Å²) in [6.07, 6.45) is -0.156. The maximum Gasteiger partial charge on any atom is 0.433 e. The van der Waals surface area contributed by atoms with Gasteiger partial charge in [0.15, 0.2) is 0 Å². The van der Waals surface area contributed by atoms with Crippen molar-refractivity contribution in [3.8, 4) is 0 Å². The maximum absolute atomic E-state index is 12.8. The number of halogens is 4. The molecule has 0 saturated heterocycles. The molecule has 0 aliphatic heterocycles. The third-order valence-electron chi connectivity index (χ3n) is 2.73. The van der Waals surface area contributed by atoms with E-state index in [4.69, 9.17) is 5.11 Å². The summed E-state index contributed by atoms with van der Waals surface area (Å²) in [6, 6.07) is 0. The number of aliphatic hydroxyl groups is 1. The molecule has 0 atom stereocenters. The van der Waals surface area contributed by atoms with Gasteiger partial charge in [-0.25, -0.2) is 0 Å². The summed E-state index contributed by atoms with van der Waals surface area (Å²) in [6.45, 7) is 0.276. The van der Waals surface area contributed by atoms with Gasteiger partial charge in [-0.2, -0.15) is 23.4 Å². The molecule has 0 amide bonds. The minimum absolute atomic E-state index is 0. The second kappa shape index (κ2) is 6.81. The van der Waals surface area contributed by atoms with Gasteiger partial charge in [-0.3, -0.25) is 9.36 Å². The number of rotatable bonds is 5. The predicted molar refractivity (Wildman–Crippen MR) is 72.1 cm³/mol. The molecule has 0 saturated carbocycles. The van der Waals surface area contributed by atoms with Gasteiger partial charge in [0.2, 0.25) is 0 Å². The van der Waals surface area contributed by atoms with E-state index in [1.54, 1.807) is 6.20 Å². The highest BCUT2D eigenvalue weighted by atomic mass is 35.5. The largest absolute Gasteiger partial charge is 0.433 e. The molecule has 6 nitrogen and oxygen atoms in total. The fourth-order valence-corrected chi connectivity index (χ4v) is 1.85. The quantitative estimate of drug-likeness (QED) is 0.877. The monoisotopic (exact) mass is 325 g/mol. The normalized spacial score (nSPS) is 11.3. The Balaban J connectivity index is 0.00000220. The molecule has 0 aliphatic rings. The van der Waals surface area contributed by atoms with Crippen molar-refractivity contribution < 1.29 is 18.3 Å². The predicted octanol–water partition coefficient (Wildman–Crippen LogP) is 1.66. The van der Waals surface area contributed by atoms with E-state index >= 15 is 0 Å². The summed E-state index contributed by atoms with van der Waals surface area (Å²) in [4.78, 5) is 0. The van der Waals surface area contributed by atoms with E-state index in [2.05, 4.69) is 15.5 Å². The van der Waals surface area contributed by atoms with Crippen molar-refractivity contribution in [1.29, 1.82) is 0 Å². The zero-order valence-corrected chi connectivity index (χ0v) is 11.9. The summed E-state index contributed by atoms with van der Waals surface area (Å²) in [5.41, 5.74) is -0.127. The lowest BCUT2D eigenvalue weighted by Crippen LogP contribution is -2.15. The number of alkyl halides is 3. The number of aliphatic hydroxyl groups excluding tert-OH is 1. The van der Waals surface area contributed by atoms with Gasteiger partial charge in [0.25, 0.3) is 0 Å². The Hall–Kier alpha value is -1.74. The van der Waals surface area contributed by atoms with Crippen LogP contribution in [0.4, 0.5) is 18.9 Å². The minimum atomic E-state index is -4.44. The third-order valence-corrected chi connectivity index (χ3v) is 2.73. The highest BCUT2D eigenvalue weighted by Gasteiger charge is 2.37. The van der Waals surface area contributed by atoms with Crippen LogP contribution in [0.25, 0.3) is 0 Å². The molecule has 2 heterocycles. The molecule has 0 aromatic carbocycles. The molecule has 0 bridgehead atoms. The van der Waals surface area contributed by atoms with Gasteiger partial charge in [0.1, 0.15) is 5.69 Å². The standard InChI is InChI=1S/C11H14F3N5O.ClH/c1-18-10(11(12,13)14)8(5-16-18)4-15-9-6-17-19(7-9)2-3-20;/h5-7,15,20H,2-4H2,1H3;1H. The zero-order chi connectivity index (χ0) is 14.8. The Morgan fingerprint density at radius 1 is 1.29 bits per heavy atom. The number of hydrogen-bond donors (Lipinski definition) is 2. The molecule has 10 heteroatoms. The number of nitrogens with zero attached hydrogens (tertiary/aromatic N) is 4. The Morgan fingerprint density at radius 3 is 2.62 bits per heavy atom. The number of anilines is 1. The van der Waals surface area contributed by atoms with E-state index in [1.165, 1.54) is 24.1 Å². The fraction of sp³-hybridized carbons (Fsp3) is 0.455. The highest BCUT2D eigenvalue weighted by molar-refractivity contribution is 5.85. The van der Waals surface area contributed by atoms with Crippen molar-refractivity contribution in [2.45, 2.75) is 19.3 Å². The van der Waals surface area contributed by atoms with E-state index in [1.807, 2.05) is 0 Å². The van der Waals surface area contributed by atoms with Crippen molar-refractivity contribution in [3.05, 3.63) is 29.8 Å². The maximum atomic E-state index is 12.8. The van der Waals surface area contributed by atoms with Gasteiger partial charge in [0, 0.05) is 25.4 Å². The molecule has 2 aromatic heterocycles. The fourth-order valence-electron chi connectivity index (χ4n) is 1.85. The second-order valence-corrected chi connectivity index (χ2v) is 4.21. The van der Waals surface area contributed by atoms with Gasteiger partial charge >= 0.3 is 6.18 Å². The van der Waals surface area contributed by atoms with E-state index in [9.17, 15) is 13.2 Å². The lowest BCUT2D eigenvalue weighted by atomic mass is 10.2. The molecule has 2 rings (SSSR count). The SMILES string of the molecule is Cl.Cn1ncc(CNc2cnn(CCO)c2)c1C(F)(F)F. The van der Waals surface area contributed by atoms with Crippen LogP contribution in [-0.4, -0.2) is 31.3 Å². The van der Waals surface area contributed by atoms with Crippen LogP contribution in [0, 0.1) is 0 Å². The first kappa shape index (κ1) is 17.3. The molecular formula is C11H15ClF3N5O.